The molecule has 0 aromatic heterocycles. The molecule has 0 aliphatic carbocycles. The first-order valence-corrected chi connectivity index (χ1v) is 8.23. The van der Waals surface area contributed by atoms with Gasteiger partial charge in [-0.15, -0.1) is 0 Å². The Bertz CT molecular complexity index is 527. The van der Waals surface area contributed by atoms with Gasteiger partial charge in [-0.05, 0) is 24.6 Å². The molecule has 0 bridgehead atoms. The minimum absolute atomic E-state index is 0.0922. The number of nitrogens with one attached hydrogen (secondary N) is 1. The van der Waals surface area contributed by atoms with Crippen molar-refractivity contribution in [1.82, 2.24) is 9.62 Å². The van der Waals surface area contributed by atoms with Gasteiger partial charge in [0.15, 0.2) is 0 Å². The molecule has 0 unspecified atom stereocenters. The summed E-state index contributed by atoms with van der Waals surface area (Å²) in [6.45, 7) is 2.54. The van der Waals surface area contributed by atoms with Gasteiger partial charge < -0.3 is 10.2 Å². The van der Waals surface area contributed by atoms with Crippen LogP contribution in [0.5, 0.6) is 0 Å². The fourth-order valence-corrected chi connectivity index (χ4v) is 2.81. The Morgan fingerprint density at radius 3 is 2.40 bits per heavy atom. The molecule has 0 saturated heterocycles. The number of sulfonamides is 1. The summed E-state index contributed by atoms with van der Waals surface area (Å²) in [4.78, 5) is 2.05. The van der Waals surface area contributed by atoms with E-state index in [1.165, 1.54) is 4.31 Å². The Morgan fingerprint density at radius 2 is 1.85 bits per heavy atom. The number of nitrogens with zero attached hydrogens (tertiary/aromatic N) is 2. The second kappa shape index (κ2) is 7.06. The van der Waals surface area contributed by atoms with Gasteiger partial charge in [-0.1, -0.05) is 12.1 Å². The van der Waals surface area contributed by atoms with Crippen molar-refractivity contribution in [1.29, 1.82) is 0 Å². The Morgan fingerprint density at radius 1 is 1.20 bits per heavy atom. The average molecular weight is 299 g/mol. The molecule has 5 nitrogen and oxygen atoms in total. The molecule has 1 atom stereocenters. The SMILES string of the molecule is C[C@@H](CS(=O)(=O)N(C)C)NCc1cccc(N(C)C)c1. The molecular formula is C14H25N3O2S. The van der Waals surface area contributed by atoms with Crippen LogP contribution in [-0.4, -0.2) is 52.7 Å². The minimum Gasteiger partial charge on any atom is -0.378 e. The maximum atomic E-state index is 11.8. The molecule has 1 aromatic rings. The van der Waals surface area contributed by atoms with Crippen LogP contribution < -0.4 is 10.2 Å². The lowest BCUT2D eigenvalue weighted by molar-refractivity contribution is 0.501. The van der Waals surface area contributed by atoms with Crippen LogP contribution in [0.3, 0.4) is 0 Å². The molecule has 6 heteroatoms. The zero-order valence-electron chi connectivity index (χ0n) is 12.9. The first kappa shape index (κ1) is 16.9. The Balaban J connectivity index is 2.57. The van der Waals surface area contributed by atoms with Crippen LogP contribution in [-0.2, 0) is 16.6 Å². The summed E-state index contributed by atoms with van der Waals surface area (Å²) < 4.78 is 24.8. The van der Waals surface area contributed by atoms with Crippen LogP contribution in [0, 0.1) is 0 Å². The van der Waals surface area contributed by atoms with Crippen LogP contribution in [0.25, 0.3) is 0 Å². The zero-order valence-corrected chi connectivity index (χ0v) is 13.7. The van der Waals surface area contributed by atoms with E-state index in [1.54, 1.807) is 14.1 Å². The third-order valence-corrected chi connectivity index (χ3v) is 5.13. The van der Waals surface area contributed by atoms with E-state index >= 15 is 0 Å². The molecule has 20 heavy (non-hydrogen) atoms. The van der Waals surface area contributed by atoms with E-state index in [0.717, 1.165) is 11.3 Å². The fraction of sp³-hybridized carbons (Fsp3) is 0.571. The van der Waals surface area contributed by atoms with Gasteiger partial charge in [0.25, 0.3) is 0 Å². The molecule has 0 aliphatic heterocycles. The van der Waals surface area contributed by atoms with Crippen LogP contribution in [0.1, 0.15) is 12.5 Å². The molecule has 0 fully saturated rings. The van der Waals surface area contributed by atoms with Crippen LogP contribution in [0.2, 0.25) is 0 Å². The van der Waals surface area contributed by atoms with E-state index in [4.69, 9.17) is 0 Å². The van der Waals surface area contributed by atoms with Crippen LogP contribution in [0.15, 0.2) is 24.3 Å². The van der Waals surface area contributed by atoms with Crippen molar-refractivity contribution in [2.75, 3.05) is 38.8 Å². The lowest BCUT2D eigenvalue weighted by Gasteiger charge is -2.18. The summed E-state index contributed by atoms with van der Waals surface area (Å²) in [6, 6.07) is 8.09. The van der Waals surface area contributed by atoms with Crippen molar-refractivity contribution in [3.05, 3.63) is 29.8 Å². The second-order valence-electron chi connectivity index (χ2n) is 5.41. The molecule has 0 amide bonds. The van der Waals surface area contributed by atoms with E-state index < -0.39 is 10.0 Å². The molecule has 1 rings (SSSR count). The second-order valence-corrected chi connectivity index (χ2v) is 7.63. The Labute approximate surface area is 122 Å². The van der Waals surface area contributed by atoms with Gasteiger partial charge in [-0.25, -0.2) is 12.7 Å². The van der Waals surface area contributed by atoms with E-state index in [1.807, 2.05) is 44.1 Å². The molecule has 1 aromatic carbocycles. The van der Waals surface area contributed by atoms with Gasteiger partial charge in [0.2, 0.25) is 10.0 Å². The smallest absolute Gasteiger partial charge is 0.215 e. The highest BCUT2D eigenvalue weighted by atomic mass is 32.2. The van der Waals surface area contributed by atoms with Crippen molar-refractivity contribution >= 4 is 15.7 Å². The van der Waals surface area contributed by atoms with Gasteiger partial charge in [0.05, 0.1) is 5.75 Å². The monoisotopic (exact) mass is 299 g/mol. The van der Waals surface area contributed by atoms with E-state index in [2.05, 4.69) is 11.4 Å². The minimum atomic E-state index is -3.16. The highest BCUT2D eigenvalue weighted by Crippen LogP contribution is 2.13. The molecule has 0 radical (unpaired) electrons. The van der Waals surface area contributed by atoms with Crippen molar-refractivity contribution in [3.63, 3.8) is 0 Å². The van der Waals surface area contributed by atoms with Gasteiger partial charge >= 0.3 is 0 Å². The number of hydrogen-bond acceptors (Lipinski definition) is 4. The van der Waals surface area contributed by atoms with Crippen molar-refractivity contribution in [3.8, 4) is 0 Å². The Kier molecular flexibility index (Phi) is 5.98. The fourth-order valence-electron chi connectivity index (χ4n) is 1.76. The van der Waals surface area contributed by atoms with E-state index in [9.17, 15) is 8.42 Å². The lowest BCUT2D eigenvalue weighted by Crippen LogP contribution is -2.37. The third-order valence-electron chi connectivity index (χ3n) is 3.10. The summed E-state index contributed by atoms with van der Waals surface area (Å²) in [5.74, 6) is 0.105. The maximum Gasteiger partial charge on any atom is 0.215 e. The normalized spacial score (nSPS) is 13.5. The van der Waals surface area contributed by atoms with Crippen LogP contribution >= 0.6 is 0 Å². The van der Waals surface area contributed by atoms with Crippen molar-refractivity contribution in [2.45, 2.75) is 19.5 Å². The van der Waals surface area contributed by atoms with Gasteiger partial charge in [-0.3, -0.25) is 0 Å². The van der Waals surface area contributed by atoms with Gasteiger partial charge in [-0.2, -0.15) is 0 Å². The lowest BCUT2D eigenvalue weighted by atomic mass is 10.2. The maximum absolute atomic E-state index is 11.8. The van der Waals surface area contributed by atoms with Gasteiger partial charge in [0.1, 0.15) is 0 Å². The topological polar surface area (TPSA) is 52.7 Å². The number of hydrogen-bond donors (Lipinski definition) is 1. The Hall–Kier alpha value is -1.11. The molecule has 114 valence electrons. The number of rotatable bonds is 7. The van der Waals surface area contributed by atoms with Crippen LogP contribution in [0.4, 0.5) is 5.69 Å². The summed E-state index contributed by atoms with van der Waals surface area (Å²) in [6.07, 6.45) is 0. The largest absolute Gasteiger partial charge is 0.378 e. The molecule has 1 N–H and O–H groups in total. The average Bonchev–Trinajstić information content (AvgIpc) is 2.36. The summed E-state index contributed by atoms with van der Waals surface area (Å²) in [7, 11) is 3.95. The molecular weight excluding hydrogens is 274 g/mol. The van der Waals surface area contributed by atoms with Gasteiger partial charge in [0, 0.05) is 46.5 Å². The predicted molar refractivity (Wildman–Crippen MR) is 84.5 cm³/mol. The number of benzene rings is 1. The molecule has 0 spiro atoms. The third kappa shape index (κ3) is 5.11. The van der Waals surface area contributed by atoms with Crippen molar-refractivity contribution < 1.29 is 8.42 Å². The first-order valence-electron chi connectivity index (χ1n) is 6.62. The predicted octanol–water partition coefficient (Wildman–Crippen LogP) is 1.12. The standard InChI is InChI=1S/C14H25N3O2S/c1-12(11-20(18,19)17(4)5)15-10-13-7-6-8-14(9-13)16(2)3/h6-9,12,15H,10-11H2,1-5H3/t12-/m0/s1. The molecule has 0 heterocycles. The van der Waals surface area contributed by atoms with E-state index in [0.29, 0.717) is 6.54 Å². The summed E-state index contributed by atoms with van der Waals surface area (Å²) in [5.41, 5.74) is 2.28. The highest BCUT2D eigenvalue weighted by Gasteiger charge is 2.17. The molecule has 0 aliphatic rings. The summed E-state index contributed by atoms with van der Waals surface area (Å²) >= 11 is 0. The molecule has 0 saturated carbocycles. The van der Waals surface area contributed by atoms with Crippen molar-refractivity contribution in [2.24, 2.45) is 0 Å². The quantitative estimate of drug-likeness (QED) is 0.820. The summed E-state index contributed by atoms with van der Waals surface area (Å²) in [5, 5.41) is 3.25. The van der Waals surface area contributed by atoms with E-state index in [-0.39, 0.29) is 11.8 Å². The number of anilines is 1. The first-order chi connectivity index (χ1) is 9.22. The zero-order chi connectivity index (χ0) is 15.3. The highest BCUT2D eigenvalue weighted by molar-refractivity contribution is 7.89.